The van der Waals surface area contributed by atoms with Crippen LogP contribution in [0, 0.1) is 6.92 Å². The Morgan fingerprint density at radius 1 is 1.00 bits per heavy atom. The summed E-state index contributed by atoms with van der Waals surface area (Å²) in [5, 5.41) is 2.88. The normalized spacial score (nSPS) is 19.9. The Hall–Kier alpha value is -2.50. The quantitative estimate of drug-likeness (QED) is 0.757. The molecule has 2 aromatic carbocycles. The third-order valence-corrected chi connectivity index (χ3v) is 4.26. The molecule has 0 radical (unpaired) electrons. The van der Waals surface area contributed by atoms with E-state index >= 15 is 0 Å². The molecule has 124 valence electrons. The van der Waals surface area contributed by atoms with Crippen LogP contribution in [0.4, 0.5) is 5.69 Å². The first kappa shape index (κ1) is 16.4. The van der Waals surface area contributed by atoms with E-state index in [-0.39, 0.29) is 23.8 Å². The Kier molecular flexibility index (Phi) is 4.74. The number of aryl methyl sites for hydroxylation is 1. The van der Waals surface area contributed by atoms with Gasteiger partial charge in [-0.2, -0.15) is 0 Å². The van der Waals surface area contributed by atoms with Crippen molar-refractivity contribution in [2.24, 2.45) is 0 Å². The molecule has 2 aromatic rings. The lowest BCUT2D eigenvalue weighted by atomic mass is 10.0. The van der Waals surface area contributed by atoms with Gasteiger partial charge in [0.25, 0.3) is 0 Å². The Labute approximate surface area is 141 Å². The van der Waals surface area contributed by atoms with E-state index in [0.717, 1.165) is 5.56 Å². The molecule has 1 fully saturated rings. The molecule has 2 unspecified atom stereocenters. The summed E-state index contributed by atoms with van der Waals surface area (Å²) in [6.07, 6.45) is 0.681. The van der Waals surface area contributed by atoms with Gasteiger partial charge in [-0.25, -0.2) is 10.9 Å². The second-order valence-electron chi connectivity index (χ2n) is 6.16. The van der Waals surface area contributed by atoms with Crippen LogP contribution in [-0.4, -0.2) is 17.7 Å². The zero-order valence-corrected chi connectivity index (χ0v) is 13.8. The van der Waals surface area contributed by atoms with Crippen molar-refractivity contribution >= 4 is 17.4 Å². The molecule has 1 aliphatic rings. The van der Waals surface area contributed by atoms with Crippen LogP contribution in [0.2, 0.25) is 0 Å². The summed E-state index contributed by atoms with van der Waals surface area (Å²) in [6, 6.07) is 15.0. The monoisotopic (exact) mass is 323 g/mol. The number of hydrazine groups is 1. The van der Waals surface area contributed by atoms with Gasteiger partial charge in [-0.1, -0.05) is 29.8 Å². The standard InChI is InChI=1S/C19H21N3O2/c1-12-3-5-15(6-4-12)17-11-18(22-21-17)19(24)20-16-9-7-14(8-10-16)13(2)23/h3-10,17-18,21-22H,11H2,1-2H3,(H,20,24). The maximum absolute atomic E-state index is 12.4. The van der Waals surface area contributed by atoms with Gasteiger partial charge in [-0.3, -0.25) is 9.59 Å². The van der Waals surface area contributed by atoms with Crippen molar-refractivity contribution in [3.05, 3.63) is 65.2 Å². The van der Waals surface area contributed by atoms with E-state index in [1.165, 1.54) is 12.5 Å². The number of benzene rings is 2. The first-order valence-corrected chi connectivity index (χ1v) is 8.02. The lowest BCUT2D eigenvalue weighted by molar-refractivity contribution is -0.117. The largest absolute Gasteiger partial charge is 0.325 e. The van der Waals surface area contributed by atoms with Crippen molar-refractivity contribution in [2.45, 2.75) is 32.4 Å². The summed E-state index contributed by atoms with van der Waals surface area (Å²) in [4.78, 5) is 23.7. The fourth-order valence-corrected chi connectivity index (χ4v) is 2.76. The number of rotatable bonds is 4. The molecule has 3 rings (SSSR count). The van der Waals surface area contributed by atoms with Gasteiger partial charge in [0.1, 0.15) is 6.04 Å². The second kappa shape index (κ2) is 6.95. The van der Waals surface area contributed by atoms with E-state index in [9.17, 15) is 9.59 Å². The number of Topliss-reactive ketones (excluding diaryl/α,β-unsaturated/α-hetero) is 1. The number of carbonyl (C=O) groups is 2. The average molecular weight is 323 g/mol. The van der Waals surface area contributed by atoms with Crippen molar-refractivity contribution in [1.29, 1.82) is 0 Å². The van der Waals surface area contributed by atoms with E-state index in [1.807, 2.05) is 0 Å². The number of ketones is 1. The number of hydrogen-bond acceptors (Lipinski definition) is 4. The molecule has 1 saturated heterocycles. The molecule has 5 heteroatoms. The van der Waals surface area contributed by atoms with Crippen molar-refractivity contribution in [1.82, 2.24) is 10.9 Å². The van der Waals surface area contributed by atoms with Crippen LogP contribution in [0.25, 0.3) is 0 Å². The molecule has 1 aliphatic heterocycles. The molecular weight excluding hydrogens is 302 g/mol. The van der Waals surface area contributed by atoms with Gasteiger partial charge < -0.3 is 5.32 Å². The smallest absolute Gasteiger partial charge is 0.242 e. The maximum atomic E-state index is 12.4. The van der Waals surface area contributed by atoms with Crippen LogP contribution in [0.5, 0.6) is 0 Å². The van der Waals surface area contributed by atoms with E-state index in [0.29, 0.717) is 17.7 Å². The lowest BCUT2D eigenvalue weighted by Crippen LogP contribution is -2.39. The van der Waals surface area contributed by atoms with Crippen molar-refractivity contribution < 1.29 is 9.59 Å². The van der Waals surface area contributed by atoms with Crippen LogP contribution in [0.1, 0.15) is 40.9 Å². The SMILES string of the molecule is CC(=O)c1ccc(NC(=O)C2CC(c3ccc(C)cc3)NN2)cc1. The predicted molar refractivity (Wildman–Crippen MR) is 93.7 cm³/mol. The van der Waals surface area contributed by atoms with Gasteiger partial charge in [0, 0.05) is 17.3 Å². The van der Waals surface area contributed by atoms with Crippen LogP contribution in [-0.2, 0) is 4.79 Å². The van der Waals surface area contributed by atoms with Gasteiger partial charge in [0.2, 0.25) is 5.91 Å². The molecular formula is C19H21N3O2. The van der Waals surface area contributed by atoms with Crippen LogP contribution in [0.15, 0.2) is 48.5 Å². The average Bonchev–Trinajstić information content (AvgIpc) is 3.06. The first-order chi connectivity index (χ1) is 11.5. The Morgan fingerprint density at radius 2 is 1.67 bits per heavy atom. The summed E-state index contributed by atoms with van der Waals surface area (Å²) in [5.41, 5.74) is 9.93. The molecule has 0 aliphatic carbocycles. The van der Waals surface area contributed by atoms with Gasteiger partial charge in [-0.05, 0) is 50.1 Å². The van der Waals surface area contributed by atoms with Crippen molar-refractivity contribution in [2.75, 3.05) is 5.32 Å². The third kappa shape index (κ3) is 3.69. The highest BCUT2D eigenvalue weighted by Crippen LogP contribution is 2.23. The molecule has 5 nitrogen and oxygen atoms in total. The lowest BCUT2D eigenvalue weighted by Gasteiger charge is -2.11. The molecule has 1 amide bonds. The molecule has 0 saturated carbocycles. The highest BCUT2D eigenvalue weighted by molar-refractivity contribution is 5.97. The number of hydrogen-bond donors (Lipinski definition) is 3. The summed E-state index contributed by atoms with van der Waals surface area (Å²) < 4.78 is 0. The zero-order chi connectivity index (χ0) is 17.1. The minimum atomic E-state index is -0.302. The van der Waals surface area contributed by atoms with E-state index in [1.54, 1.807) is 24.3 Å². The van der Waals surface area contributed by atoms with Gasteiger partial charge in [-0.15, -0.1) is 0 Å². The highest BCUT2D eigenvalue weighted by atomic mass is 16.2. The third-order valence-electron chi connectivity index (χ3n) is 4.26. The van der Waals surface area contributed by atoms with Crippen LogP contribution < -0.4 is 16.2 Å². The number of anilines is 1. The Balaban J connectivity index is 1.60. The maximum Gasteiger partial charge on any atom is 0.242 e. The highest BCUT2D eigenvalue weighted by Gasteiger charge is 2.30. The minimum Gasteiger partial charge on any atom is -0.325 e. The summed E-state index contributed by atoms with van der Waals surface area (Å²) in [7, 11) is 0. The van der Waals surface area contributed by atoms with Gasteiger partial charge >= 0.3 is 0 Å². The molecule has 2 atom stereocenters. The summed E-state index contributed by atoms with van der Waals surface area (Å²) >= 11 is 0. The van der Waals surface area contributed by atoms with Crippen LogP contribution in [0.3, 0.4) is 0 Å². The number of carbonyl (C=O) groups excluding carboxylic acids is 2. The fourth-order valence-electron chi connectivity index (χ4n) is 2.76. The van der Waals surface area contributed by atoms with E-state index in [4.69, 9.17) is 0 Å². The molecule has 1 heterocycles. The number of amides is 1. The topological polar surface area (TPSA) is 70.2 Å². The molecule has 0 bridgehead atoms. The van der Waals surface area contributed by atoms with E-state index < -0.39 is 0 Å². The first-order valence-electron chi connectivity index (χ1n) is 8.02. The number of nitrogens with one attached hydrogen (secondary N) is 3. The molecule has 0 spiro atoms. The Morgan fingerprint density at radius 3 is 2.29 bits per heavy atom. The van der Waals surface area contributed by atoms with Crippen LogP contribution >= 0.6 is 0 Å². The predicted octanol–water partition coefficient (Wildman–Crippen LogP) is 2.74. The fraction of sp³-hybridized carbons (Fsp3) is 0.263. The summed E-state index contributed by atoms with van der Waals surface area (Å²) in [5.74, 6) is -0.0804. The molecule has 3 N–H and O–H groups in total. The zero-order valence-electron chi connectivity index (χ0n) is 13.8. The van der Waals surface area contributed by atoms with Gasteiger partial charge in [0.15, 0.2) is 5.78 Å². The molecule has 24 heavy (non-hydrogen) atoms. The second-order valence-corrected chi connectivity index (χ2v) is 6.16. The Bertz CT molecular complexity index is 738. The van der Waals surface area contributed by atoms with E-state index in [2.05, 4.69) is 47.4 Å². The van der Waals surface area contributed by atoms with Crippen molar-refractivity contribution in [3.8, 4) is 0 Å². The minimum absolute atomic E-state index is 0.00970. The van der Waals surface area contributed by atoms with Crippen molar-refractivity contribution in [3.63, 3.8) is 0 Å². The summed E-state index contributed by atoms with van der Waals surface area (Å²) in [6.45, 7) is 3.57. The van der Waals surface area contributed by atoms with Gasteiger partial charge in [0.05, 0.1) is 0 Å². The molecule has 0 aromatic heterocycles.